The molecule has 1 aliphatic rings. The van der Waals surface area contributed by atoms with Gasteiger partial charge in [-0.2, -0.15) is 0 Å². The van der Waals surface area contributed by atoms with Crippen molar-refractivity contribution in [3.05, 3.63) is 29.3 Å². The molecule has 2 amide bonds. The van der Waals surface area contributed by atoms with Gasteiger partial charge in [0, 0.05) is 24.3 Å². The Morgan fingerprint density at radius 1 is 1.43 bits per heavy atom. The molecule has 1 aromatic carbocycles. The number of hydrogen-bond acceptors (Lipinski definition) is 3. The molecule has 2 atom stereocenters. The van der Waals surface area contributed by atoms with Crippen molar-refractivity contribution in [3.63, 3.8) is 0 Å². The third-order valence-electron chi connectivity index (χ3n) is 3.84. The van der Waals surface area contributed by atoms with E-state index in [1.807, 2.05) is 6.92 Å². The maximum absolute atomic E-state index is 12.0. The van der Waals surface area contributed by atoms with Gasteiger partial charge in [-0.05, 0) is 38.0 Å². The van der Waals surface area contributed by atoms with E-state index < -0.39 is 5.97 Å². The SMILES string of the molecule is Cc1c(NC(=O)NC(C)C2CCOC2)cccc1C(=O)O. The van der Waals surface area contributed by atoms with Gasteiger partial charge in [0.15, 0.2) is 0 Å². The highest BCUT2D eigenvalue weighted by Gasteiger charge is 2.23. The number of carboxylic acid groups (broad SMARTS) is 1. The minimum atomic E-state index is -1.01. The fourth-order valence-electron chi connectivity index (χ4n) is 2.43. The van der Waals surface area contributed by atoms with Gasteiger partial charge in [0.1, 0.15) is 0 Å². The van der Waals surface area contributed by atoms with E-state index in [0.29, 0.717) is 23.8 Å². The molecular weight excluding hydrogens is 272 g/mol. The maximum Gasteiger partial charge on any atom is 0.336 e. The summed E-state index contributed by atoms with van der Waals surface area (Å²) in [4.78, 5) is 23.1. The molecule has 2 rings (SSSR count). The molecule has 0 spiro atoms. The first kappa shape index (κ1) is 15.3. The maximum atomic E-state index is 12.0. The number of amides is 2. The van der Waals surface area contributed by atoms with Gasteiger partial charge in [0.2, 0.25) is 0 Å². The molecule has 1 aromatic rings. The molecule has 6 nitrogen and oxygen atoms in total. The van der Waals surface area contributed by atoms with Crippen LogP contribution in [0.4, 0.5) is 10.5 Å². The Morgan fingerprint density at radius 2 is 2.19 bits per heavy atom. The summed E-state index contributed by atoms with van der Waals surface area (Å²) in [7, 11) is 0. The number of urea groups is 1. The molecule has 2 unspecified atom stereocenters. The van der Waals surface area contributed by atoms with Crippen LogP contribution in [0.3, 0.4) is 0 Å². The zero-order valence-electron chi connectivity index (χ0n) is 12.2. The lowest BCUT2D eigenvalue weighted by Crippen LogP contribution is -2.41. The average Bonchev–Trinajstić information content (AvgIpc) is 2.94. The fraction of sp³-hybridized carbons (Fsp3) is 0.467. The molecule has 0 saturated carbocycles. The molecule has 1 fully saturated rings. The van der Waals surface area contributed by atoms with Crippen molar-refractivity contribution in [1.29, 1.82) is 0 Å². The molecule has 21 heavy (non-hydrogen) atoms. The van der Waals surface area contributed by atoms with Crippen molar-refractivity contribution < 1.29 is 19.4 Å². The lowest BCUT2D eigenvalue weighted by Gasteiger charge is -2.20. The van der Waals surface area contributed by atoms with E-state index in [-0.39, 0.29) is 17.6 Å². The second-order valence-corrected chi connectivity index (χ2v) is 5.29. The summed E-state index contributed by atoms with van der Waals surface area (Å²) in [5.74, 6) is -0.685. The lowest BCUT2D eigenvalue weighted by atomic mass is 10.0. The number of nitrogens with one attached hydrogen (secondary N) is 2. The third-order valence-corrected chi connectivity index (χ3v) is 3.84. The largest absolute Gasteiger partial charge is 0.478 e. The van der Waals surface area contributed by atoms with Crippen molar-refractivity contribution in [3.8, 4) is 0 Å². The van der Waals surface area contributed by atoms with E-state index in [1.165, 1.54) is 6.07 Å². The van der Waals surface area contributed by atoms with E-state index >= 15 is 0 Å². The van der Waals surface area contributed by atoms with Crippen molar-refractivity contribution in [2.75, 3.05) is 18.5 Å². The predicted octanol–water partition coefficient (Wildman–Crippen LogP) is 2.24. The van der Waals surface area contributed by atoms with Gasteiger partial charge in [0.25, 0.3) is 0 Å². The molecule has 0 aromatic heterocycles. The first-order valence-electron chi connectivity index (χ1n) is 6.97. The van der Waals surface area contributed by atoms with Gasteiger partial charge < -0.3 is 20.5 Å². The normalized spacial score (nSPS) is 19.0. The second kappa shape index (κ2) is 6.58. The number of ether oxygens (including phenoxy) is 1. The van der Waals surface area contributed by atoms with Crippen LogP contribution in [0.1, 0.15) is 29.3 Å². The number of anilines is 1. The van der Waals surface area contributed by atoms with E-state index in [2.05, 4.69) is 10.6 Å². The Labute approximate surface area is 123 Å². The Balaban J connectivity index is 1.99. The van der Waals surface area contributed by atoms with Gasteiger partial charge in [-0.3, -0.25) is 0 Å². The van der Waals surface area contributed by atoms with E-state index in [1.54, 1.807) is 19.1 Å². The summed E-state index contributed by atoms with van der Waals surface area (Å²) < 4.78 is 5.30. The molecule has 0 radical (unpaired) electrons. The fourth-order valence-corrected chi connectivity index (χ4v) is 2.43. The molecule has 1 heterocycles. The summed E-state index contributed by atoms with van der Waals surface area (Å²) in [6.45, 7) is 5.01. The highest BCUT2D eigenvalue weighted by atomic mass is 16.5. The van der Waals surface area contributed by atoms with Crippen LogP contribution < -0.4 is 10.6 Å². The molecule has 3 N–H and O–H groups in total. The van der Waals surface area contributed by atoms with Gasteiger partial charge in [-0.1, -0.05) is 6.07 Å². The number of carbonyl (C=O) groups excluding carboxylic acids is 1. The summed E-state index contributed by atoms with van der Waals surface area (Å²) >= 11 is 0. The molecule has 114 valence electrons. The lowest BCUT2D eigenvalue weighted by molar-refractivity contribution is 0.0696. The zero-order valence-corrected chi connectivity index (χ0v) is 12.2. The van der Waals surface area contributed by atoms with E-state index in [9.17, 15) is 9.59 Å². The van der Waals surface area contributed by atoms with Gasteiger partial charge in [0.05, 0.1) is 12.2 Å². The predicted molar refractivity (Wildman–Crippen MR) is 78.7 cm³/mol. The first-order valence-corrected chi connectivity index (χ1v) is 6.97. The monoisotopic (exact) mass is 292 g/mol. The van der Waals surface area contributed by atoms with E-state index in [4.69, 9.17) is 9.84 Å². The molecule has 1 saturated heterocycles. The smallest absolute Gasteiger partial charge is 0.336 e. The van der Waals surface area contributed by atoms with Crippen molar-refractivity contribution in [2.45, 2.75) is 26.3 Å². The average molecular weight is 292 g/mol. The Kier molecular flexibility index (Phi) is 4.80. The second-order valence-electron chi connectivity index (χ2n) is 5.29. The number of carbonyl (C=O) groups is 2. The zero-order chi connectivity index (χ0) is 15.4. The Hall–Kier alpha value is -2.08. The van der Waals surface area contributed by atoms with Crippen LogP contribution in [0.5, 0.6) is 0 Å². The van der Waals surface area contributed by atoms with Gasteiger partial charge in [-0.15, -0.1) is 0 Å². The molecule has 1 aliphatic heterocycles. The van der Waals surface area contributed by atoms with Crippen molar-refractivity contribution in [1.82, 2.24) is 5.32 Å². The van der Waals surface area contributed by atoms with Crippen LogP contribution >= 0.6 is 0 Å². The summed E-state index contributed by atoms with van der Waals surface area (Å²) in [6.07, 6.45) is 0.939. The number of carboxylic acids is 1. The van der Waals surface area contributed by atoms with Crippen LogP contribution in [0.15, 0.2) is 18.2 Å². The highest BCUT2D eigenvalue weighted by Crippen LogP contribution is 2.20. The summed E-state index contributed by atoms with van der Waals surface area (Å²) in [6, 6.07) is 4.49. The van der Waals surface area contributed by atoms with Crippen molar-refractivity contribution >= 4 is 17.7 Å². The molecular formula is C15H20N2O4. The highest BCUT2D eigenvalue weighted by molar-refractivity contribution is 5.95. The third kappa shape index (κ3) is 3.72. The molecule has 0 bridgehead atoms. The quantitative estimate of drug-likeness (QED) is 0.794. The Morgan fingerprint density at radius 3 is 2.81 bits per heavy atom. The topological polar surface area (TPSA) is 87.7 Å². The van der Waals surface area contributed by atoms with Crippen LogP contribution in [0.25, 0.3) is 0 Å². The number of rotatable bonds is 4. The van der Waals surface area contributed by atoms with E-state index in [0.717, 1.165) is 13.0 Å². The van der Waals surface area contributed by atoms with Crippen LogP contribution in [0, 0.1) is 12.8 Å². The number of benzene rings is 1. The number of aromatic carboxylic acids is 1. The van der Waals surface area contributed by atoms with Crippen molar-refractivity contribution in [2.24, 2.45) is 5.92 Å². The van der Waals surface area contributed by atoms with Crippen LogP contribution in [-0.4, -0.2) is 36.4 Å². The molecule has 0 aliphatic carbocycles. The van der Waals surface area contributed by atoms with Crippen LogP contribution in [-0.2, 0) is 4.74 Å². The standard InChI is InChI=1S/C15H20N2O4/c1-9-12(14(18)19)4-3-5-13(9)17-15(20)16-10(2)11-6-7-21-8-11/h3-5,10-11H,6-8H2,1-2H3,(H,18,19)(H2,16,17,20). The summed E-state index contributed by atoms with van der Waals surface area (Å²) in [5.41, 5.74) is 1.23. The van der Waals surface area contributed by atoms with Crippen LogP contribution in [0.2, 0.25) is 0 Å². The van der Waals surface area contributed by atoms with Gasteiger partial charge in [-0.25, -0.2) is 9.59 Å². The Bertz CT molecular complexity index is 538. The first-order chi connectivity index (χ1) is 9.99. The number of hydrogen-bond donors (Lipinski definition) is 3. The minimum Gasteiger partial charge on any atom is -0.478 e. The molecule has 6 heteroatoms. The van der Waals surface area contributed by atoms with Gasteiger partial charge >= 0.3 is 12.0 Å². The summed E-state index contributed by atoms with van der Waals surface area (Å²) in [5, 5.41) is 14.6. The minimum absolute atomic E-state index is 0.00969.